The van der Waals surface area contributed by atoms with E-state index in [0.29, 0.717) is 29.5 Å². The number of nitrogens with one attached hydrogen (secondary N) is 1. The van der Waals surface area contributed by atoms with E-state index >= 15 is 0 Å². The number of imidazole rings is 1. The first kappa shape index (κ1) is 19.0. The number of anilines is 1. The summed E-state index contributed by atoms with van der Waals surface area (Å²) >= 11 is 0. The average molecular weight is 345 g/mol. The Morgan fingerprint density at radius 3 is 2.68 bits per heavy atom. The molecule has 0 unspecified atom stereocenters. The van der Waals surface area contributed by atoms with Gasteiger partial charge in [0.25, 0.3) is 0 Å². The lowest BCUT2D eigenvalue weighted by Crippen LogP contribution is -2.38. The van der Waals surface area contributed by atoms with Crippen molar-refractivity contribution in [1.29, 1.82) is 0 Å². The lowest BCUT2D eigenvalue weighted by atomic mass is 10.1. The molecule has 0 fully saturated rings. The molecule has 6 heteroatoms. The monoisotopic (exact) mass is 345 g/mol. The first-order valence-corrected chi connectivity index (χ1v) is 8.65. The zero-order valence-electron chi connectivity index (χ0n) is 15.6. The van der Waals surface area contributed by atoms with Crippen molar-refractivity contribution in [2.45, 2.75) is 53.1 Å². The second-order valence-electron chi connectivity index (χ2n) is 7.62. The fourth-order valence-corrected chi connectivity index (χ4v) is 2.47. The number of hydrogen-bond acceptors (Lipinski definition) is 4. The molecule has 0 aliphatic heterocycles. The van der Waals surface area contributed by atoms with Crippen LogP contribution in [-0.4, -0.2) is 34.5 Å². The number of benzene rings is 1. The third-order valence-electron chi connectivity index (χ3n) is 3.66. The van der Waals surface area contributed by atoms with Gasteiger partial charge >= 0.3 is 6.09 Å². The maximum Gasteiger partial charge on any atom is 0.417 e. The Morgan fingerprint density at radius 2 is 2.08 bits per heavy atom. The van der Waals surface area contributed by atoms with Gasteiger partial charge in [-0.3, -0.25) is 4.79 Å². The number of aromatic nitrogens is 2. The lowest BCUT2D eigenvalue weighted by Gasteiger charge is -2.26. The van der Waals surface area contributed by atoms with E-state index in [1.807, 2.05) is 20.8 Å². The van der Waals surface area contributed by atoms with Crippen molar-refractivity contribution in [2.24, 2.45) is 5.92 Å². The minimum absolute atomic E-state index is 0.425. The van der Waals surface area contributed by atoms with Crippen LogP contribution in [0.5, 0.6) is 0 Å². The van der Waals surface area contributed by atoms with Gasteiger partial charge in [-0.2, -0.15) is 0 Å². The zero-order valence-corrected chi connectivity index (χ0v) is 15.6. The molecule has 136 valence electrons. The lowest BCUT2D eigenvalue weighted by molar-refractivity contribution is 0.0577. The Balaban J connectivity index is 2.29. The van der Waals surface area contributed by atoms with Crippen molar-refractivity contribution < 1.29 is 14.3 Å². The van der Waals surface area contributed by atoms with Crippen molar-refractivity contribution >= 4 is 29.4 Å². The number of nitrogens with zero attached hydrogens (tertiary/aromatic N) is 2. The summed E-state index contributed by atoms with van der Waals surface area (Å²) in [6, 6.07) is 5.19. The number of aromatic amines is 1. The van der Waals surface area contributed by atoms with E-state index in [1.54, 1.807) is 18.2 Å². The molecule has 0 spiro atoms. The van der Waals surface area contributed by atoms with Crippen molar-refractivity contribution in [3.05, 3.63) is 23.8 Å². The number of amides is 1. The zero-order chi connectivity index (χ0) is 18.6. The molecule has 1 N–H and O–H groups in total. The number of rotatable bonds is 6. The summed E-state index contributed by atoms with van der Waals surface area (Å²) in [5.74, 6) is 1.00. The third kappa shape index (κ3) is 5.31. The molecule has 1 amide bonds. The molecule has 1 aromatic heterocycles. The molecule has 2 aromatic rings. The minimum atomic E-state index is -0.579. The van der Waals surface area contributed by atoms with Gasteiger partial charge in [-0.25, -0.2) is 14.7 Å². The van der Waals surface area contributed by atoms with E-state index in [4.69, 9.17) is 4.74 Å². The molecule has 0 saturated carbocycles. The molecule has 1 aromatic carbocycles. The summed E-state index contributed by atoms with van der Waals surface area (Å²) in [7, 11) is 0. The fourth-order valence-electron chi connectivity index (χ4n) is 2.47. The van der Waals surface area contributed by atoms with E-state index in [0.717, 1.165) is 24.6 Å². The maximum atomic E-state index is 12.6. The van der Waals surface area contributed by atoms with Crippen LogP contribution in [0.2, 0.25) is 0 Å². The Kier molecular flexibility index (Phi) is 5.82. The van der Waals surface area contributed by atoms with Crippen LogP contribution < -0.4 is 4.90 Å². The highest BCUT2D eigenvalue weighted by Crippen LogP contribution is 2.21. The predicted molar refractivity (Wildman–Crippen MR) is 99.1 cm³/mol. The second kappa shape index (κ2) is 7.68. The number of aldehydes is 1. The highest BCUT2D eigenvalue weighted by molar-refractivity contribution is 5.90. The smallest absolute Gasteiger partial charge is 0.417 e. The van der Waals surface area contributed by atoms with Gasteiger partial charge in [0.05, 0.1) is 11.0 Å². The molecule has 0 atom stereocenters. The Hall–Kier alpha value is -2.37. The number of ether oxygens (including phenoxy) is 1. The SMILES string of the molecule is CC(C)CCCN(C(=O)OC(C)(C)C)c1nc2ccc(C=O)cc2[nH]1. The van der Waals surface area contributed by atoms with E-state index in [2.05, 4.69) is 23.8 Å². The Bertz CT molecular complexity index is 744. The summed E-state index contributed by atoms with van der Waals surface area (Å²) in [6.07, 6.45) is 2.22. The second-order valence-corrected chi connectivity index (χ2v) is 7.62. The van der Waals surface area contributed by atoms with E-state index in [1.165, 1.54) is 4.90 Å². The summed E-state index contributed by atoms with van der Waals surface area (Å²) in [5.41, 5.74) is 1.41. The van der Waals surface area contributed by atoms with Gasteiger partial charge in [0.1, 0.15) is 11.9 Å². The number of fused-ring (bicyclic) bond motifs is 1. The molecule has 6 nitrogen and oxygen atoms in total. The minimum Gasteiger partial charge on any atom is -0.443 e. The average Bonchev–Trinajstić information content (AvgIpc) is 2.91. The van der Waals surface area contributed by atoms with Gasteiger partial charge in [0.2, 0.25) is 5.95 Å². The first-order chi connectivity index (χ1) is 11.7. The topological polar surface area (TPSA) is 75.3 Å². The van der Waals surface area contributed by atoms with Gasteiger partial charge < -0.3 is 9.72 Å². The number of carbonyl (C=O) groups is 2. The number of carbonyl (C=O) groups excluding carboxylic acids is 2. The fraction of sp³-hybridized carbons (Fsp3) is 0.526. The first-order valence-electron chi connectivity index (χ1n) is 8.65. The molecular formula is C19H27N3O3. The van der Waals surface area contributed by atoms with Crippen molar-refractivity contribution in [1.82, 2.24) is 9.97 Å². The van der Waals surface area contributed by atoms with Gasteiger partial charge in [-0.1, -0.05) is 13.8 Å². The van der Waals surface area contributed by atoms with Crippen LogP contribution in [0.15, 0.2) is 18.2 Å². The molecular weight excluding hydrogens is 318 g/mol. The van der Waals surface area contributed by atoms with Gasteiger partial charge in [-0.05, 0) is 57.7 Å². The quantitative estimate of drug-likeness (QED) is 0.779. The van der Waals surface area contributed by atoms with Crippen LogP contribution in [0.3, 0.4) is 0 Å². The van der Waals surface area contributed by atoms with Crippen molar-refractivity contribution in [2.75, 3.05) is 11.4 Å². The van der Waals surface area contributed by atoms with Crippen LogP contribution in [0.4, 0.5) is 10.7 Å². The molecule has 0 aliphatic carbocycles. The largest absolute Gasteiger partial charge is 0.443 e. The van der Waals surface area contributed by atoms with Gasteiger partial charge in [0.15, 0.2) is 0 Å². The van der Waals surface area contributed by atoms with E-state index in [-0.39, 0.29) is 0 Å². The van der Waals surface area contributed by atoms with Crippen LogP contribution >= 0.6 is 0 Å². The summed E-state index contributed by atoms with van der Waals surface area (Å²) in [6.45, 7) is 10.3. The summed E-state index contributed by atoms with van der Waals surface area (Å²) in [4.78, 5) is 32.7. The number of H-pyrrole nitrogens is 1. The van der Waals surface area contributed by atoms with Crippen LogP contribution in [-0.2, 0) is 4.74 Å². The van der Waals surface area contributed by atoms with Crippen LogP contribution in [0.1, 0.15) is 57.8 Å². The predicted octanol–water partition coefficient (Wildman–Crippen LogP) is 4.55. The standard InChI is InChI=1S/C19H27N3O3/c1-13(2)7-6-10-22(18(24)25-19(3,4)5)17-20-15-9-8-14(12-23)11-16(15)21-17/h8-9,11-13H,6-7,10H2,1-5H3,(H,20,21). The summed E-state index contributed by atoms with van der Waals surface area (Å²) in [5, 5.41) is 0. The molecule has 2 rings (SSSR count). The van der Waals surface area contributed by atoms with Crippen LogP contribution in [0, 0.1) is 5.92 Å². The highest BCUT2D eigenvalue weighted by atomic mass is 16.6. The van der Waals surface area contributed by atoms with Gasteiger partial charge in [-0.15, -0.1) is 0 Å². The highest BCUT2D eigenvalue weighted by Gasteiger charge is 2.25. The molecule has 1 heterocycles. The van der Waals surface area contributed by atoms with Gasteiger partial charge in [0, 0.05) is 12.1 Å². The summed E-state index contributed by atoms with van der Waals surface area (Å²) < 4.78 is 5.52. The molecule has 0 radical (unpaired) electrons. The maximum absolute atomic E-state index is 12.6. The van der Waals surface area contributed by atoms with Crippen molar-refractivity contribution in [3.8, 4) is 0 Å². The molecule has 0 aliphatic rings. The molecule has 0 saturated heterocycles. The van der Waals surface area contributed by atoms with E-state index in [9.17, 15) is 9.59 Å². The number of hydrogen-bond donors (Lipinski definition) is 1. The van der Waals surface area contributed by atoms with Crippen LogP contribution in [0.25, 0.3) is 11.0 Å². The van der Waals surface area contributed by atoms with Crippen molar-refractivity contribution in [3.63, 3.8) is 0 Å². The van der Waals surface area contributed by atoms with E-state index < -0.39 is 11.7 Å². The molecule has 0 bridgehead atoms. The Morgan fingerprint density at radius 1 is 1.36 bits per heavy atom. The molecule has 25 heavy (non-hydrogen) atoms. The Labute approximate surface area is 148 Å². The normalized spacial score (nSPS) is 11.8. The third-order valence-corrected chi connectivity index (χ3v) is 3.66.